The Morgan fingerprint density at radius 1 is 1.14 bits per heavy atom. The van der Waals surface area contributed by atoms with E-state index < -0.39 is 6.10 Å². The number of benzene rings is 1. The van der Waals surface area contributed by atoms with E-state index in [1.807, 2.05) is 12.1 Å². The lowest BCUT2D eigenvalue weighted by molar-refractivity contribution is -0.113. The van der Waals surface area contributed by atoms with Crippen LogP contribution in [-0.4, -0.2) is 23.6 Å². The molecule has 2 aliphatic rings. The lowest BCUT2D eigenvalue weighted by Crippen LogP contribution is -2.18. The van der Waals surface area contributed by atoms with Crippen LogP contribution in [0.4, 0.5) is 0 Å². The molecule has 1 heterocycles. The summed E-state index contributed by atoms with van der Waals surface area (Å²) in [5, 5.41) is 9.67. The highest BCUT2D eigenvalue weighted by molar-refractivity contribution is 5.78. The molecule has 1 aliphatic carbocycles. The Morgan fingerprint density at radius 2 is 1.90 bits per heavy atom. The van der Waals surface area contributed by atoms with E-state index in [1.165, 1.54) is 11.1 Å². The second-order valence-electron chi connectivity index (χ2n) is 5.76. The van der Waals surface area contributed by atoms with Gasteiger partial charge in [-0.2, -0.15) is 0 Å². The van der Waals surface area contributed by atoms with Crippen molar-refractivity contribution in [3.8, 4) is 0 Å². The summed E-state index contributed by atoms with van der Waals surface area (Å²) >= 11 is 0. The number of aliphatic hydroxyl groups excluding tert-OH is 1. The average Bonchev–Trinajstić information content (AvgIpc) is 2.56. The van der Waals surface area contributed by atoms with Gasteiger partial charge in [-0.15, -0.1) is 0 Å². The van der Waals surface area contributed by atoms with E-state index in [9.17, 15) is 9.90 Å². The molecule has 0 radical (unpaired) electrons. The molecule has 1 atom stereocenters. The third-order valence-corrected chi connectivity index (χ3v) is 4.36. The number of rotatable bonds is 3. The molecule has 1 N–H and O–H groups in total. The first kappa shape index (κ1) is 14.1. The summed E-state index contributed by atoms with van der Waals surface area (Å²) in [6.07, 6.45) is 9.39. The molecule has 3 nitrogen and oxygen atoms in total. The second-order valence-corrected chi connectivity index (χ2v) is 5.76. The highest BCUT2D eigenvalue weighted by Gasteiger charge is 2.23. The molecule has 1 fully saturated rings. The van der Waals surface area contributed by atoms with Gasteiger partial charge < -0.3 is 9.84 Å². The Kier molecular flexibility index (Phi) is 4.20. The molecular formula is C18H20O3. The molecule has 21 heavy (non-hydrogen) atoms. The third-order valence-electron chi connectivity index (χ3n) is 4.36. The Hall–Kier alpha value is -1.87. The lowest BCUT2D eigenvalue weighted by Gasteiger charge is -2.28. The van der Waals surface area contributed by atoms with Gasteiger partial charge in [-0.25, -0.2) is 0 Å². The molecule has 0 spiro atoms. The number of aliphatic hydroxyl groups is 1. The quantitative estimate of drug-likeness (QED) is 0.867. The van der Waals surface area contributed by atoms with E-state index in [-0.39, 0.29) is 6.10 Å². The van der Waals surface area contributed by atoms with Crippen molar-refractivity contribution in [1.82, 2.24) is 0 Å². The van der Waals surface area contributed by atoms with E-state index in [0.717, 1.165) is 37.5 Å². The minimum absolute atomic E-state index is 0.140. The third kappa shape index (κ3) is 3.08. The number of hydrogen-bond donors (Lipinski definition) is 1. The van der Waals surface area contributed by atoms with Crippen molar-refractivity contribution in [2.75, 3.05) is 0 Å². The molecule has 3 rings (SSSR count). The number of ether oxygens (including phenoxy) is 1. The zero-order valence-corrected chi connectivity index (χ0v) is 11.9. The molecule has 0 saturated heterocycles. The van der Waals surface area contributed by atoms with Crippen LogP contribution in [0, 0.1) is 0 Å². The molecule has 110 valence electrons. The summed E-state index contributed by atoms with van der Waals surface area (Å²) in [4.78, 5) is 10.7. The zero-order chi connectivity index (χ0) is 14.7. The maximum absolute atomic E-state index is 10.7. The van der Waals surface area contributed by atoms with Gasteiger partial charge in [0.15, 0.2) is 12.4 Å². The minimum Gasteiger partial charge on any atom is -0.486 e. The maximum atomic E-state index is 10.7. The van der Waals surface area contributed by atoms with Gasteiger partial charge in [0.1, 0.15) is 0 Å². The van der Waals surface area contributed by atoms with Crippen LogP contribution in [-0.2, 0) is 9.53 Å². The van der Waals surface area contributed by atoms with Gasteiger partial charge in [0.05, 0.1) is 12.4 Å². The molecule has 0 aromatic heterocycles. The topological polar surface area (TPSA) is 46.5 Å². The smallest absolute Gasteiger partial charge is 0.171 e. The van der Waals surface area contributed by atoms with Crippen molar-refractivity contribution in [2.24, 2.45) is 0 Å². The van der Waals surface area contributed by atoms with Crippen molar-refractivity contribution in [3.05, 3.63) is 53.8 Å². The number of carbonyl (C=O) groups excluding carboxylic acids is 1. The van der Waals surface area contributed by atoms with Crippen LogP contribution in [0.1, 0.15) is 42.7 Å². The molecule has 0 bridgehead atoms. The van der Waals surface area contributed by atoms with Gasteiger partial charge in [-0.05, 0) is 48.8 Å². The van der Waals surface area contributed by atoms with Crippen LogP contribution in [0.5, 0.6) is 0 Å². The molecule has 1 aliphatic heterocycles. The van der Waals surface area contributed by atoms with E-state index >= 15 is 0 Å². The molecule has 1 unspecified atom stereocenters. The fraction of sp³-hybridized carbons (Fsp3) is 0.389. The van der Waals surface area contributed by atoms with E-state index in [2.05, 4.69) is 18.2 Å². The van der Waals surface area contributed by atoms with Gasteiger partial charge in [-0.3, -0.25) is 4.79 Å². The van der Waals surface area contributed by atoms with Crippen molar-refractivity contribution >= 4 is 11.9 Å². The van der Waals surface area contributed by atoms with Crippen LogP contribution >= 0.6 is 0 Å². The average molecular weight is 284 g/mol. The second kappa shape index (κ2) is 6.27. The van der Waals surface area contributed by atoms with E-state index in [1.54, 1.807) is 12.3 Å². The maximum Gasteiger partial charge on any atom is 0.171 e. The molecule has 3 heteroatoms. The van der Waals surface area contributed by atoms with Crippen molar-refractivity contribution in [3.63, 3.8) is 0 Å². The van der Waals surface area contributed by atoms with Gasteiger partial charge in [0.2, 0.25) is 0 Å². The first-order valence-electron chi connectivity index (χ1n) is 7.54. The normalized spacial score (nSPS) is 28.6. The van der Waals surface area contributed by atoms with Crippen LogP contribution < -0.4 is 0 Å². The summed E-state index contributed by atoms with van der Waals surface area (Å²) in [7, 11) is 0. The van der Waals surface area contributed by atoms with Crippen molar-refractivity contribution in [1.29, 1.82) is 0 Å². The van der Waals surface area contributed by atoms with Crippen LogP contribution in [0.25, 0.3) is 5.57 Å². The monoisotopic (exact) mass is 284 g/mol. The Balaban J connectivity index is 1.85. The minimum atomic E-state index is -0.467. The molecule has 1 saturated carbocycles. The first-order valence-corrected chi connectivity index (χ1v) is 7.54. The summed E-state index contributed by atoms with van der Waals surface area (Å²) < 4.78 is 5.40. The summed E-state index contributed by atoms with van der Waals surface area (Å²) in [6, 6.07) is 8.35. The lowest BCUT2D eigenvalue weighted by atomic mass is 9.80. The van der Waals surface area contributed by atoms with Gasteiger partial charge in [0.25, 0.3) is 0 Å². The number of hydrogen-bond acceptors (Lipinski definition) is 3. The largest absolute Gasteiger partial charge is 0.486 e. The predicted molar refractivity (Wildman–Crippen MR) is 81.7 cm³/mol. The fourth-order valence-corrected chi connectivity index (χ4v) is 3.17. The van der Waals surface area contributed by atoms with Gasteiger partial charge in [-0.1, -0.05) is 30.3 Å². The number of allylic oxidation sites excluding steroid dienone is 2. The van der Waals surface area contributed by atoms with Crippen LogP contribution in [0.3, 0.4) is 0 Å². The van der Waals surface area contributed by atoms with E-state index in [4.69, 9.17) is 4.74 Å². The number of carbonyl (C=O) groups is 1. The molecule has 1 aromatic carbocycles. The van der Waals surface area contributed by atoms with Crippen LogP contribution in [0.2, 0.25) is 0 Å². The predicted octanol–water partition coefficient (Wildman–Crippen LogP) is 3.20. The van der Waals surface area contributed by atoms with Crippen molar-refractivity contribution < 1.29 is 14.6 Å². The summed E-state index contributed by atoms with van der Waals surface area (Å²) in [6.45, 7) is 0. The zero-order valence-electron chi connectivity index (χ0n) is 11.9. The highest BCUT2D eigenvalue weighted by atomic mass is 16.5. The molecule has 1 aromatic rings. The fourth-order valence-electron chi connectivity index (χ4n) is 3.17. The van der Waals surface area contributed by atoms with E-state index in [0.29, 0.717) is 5.92 Å². The molecular weight excluding hydrogens is 264 g/mol. The Morgan fingerprint density at radius 3 is 2.57 bits per heavy atom. The highest BCUT2D eigenvalue weighted by Crippen LogP contribution is 2.37. The Labute approximate surface area is 124 Å². The van der Waals surface area contributed by atoms with Gasteiger partial charge >= 0.3 is 0 Å². The molecule has 0 amide bonds. The first-order chi connectivity index (χ1) is 10.3. The van der Waals surface area contributed by atoms with Crippen molar-refractivity contribution in [2.45, 2.75) is 43.8 Å². The summed E-state index contributed by atoms with van der Waals surface area (Å²) in [5.74, 6) is 0.489. The standard InChI is InChI=1S/C18H20O3/c19-11-16-10-7-14(12-21-16)18-4-2-1-3-17(18)13-5-8-15(20)9-6-13/h1-4,7,10-13,15-16,20H,5-6,8-9H2. The number of aldehydes is 1. The Bertz CT molecular complexity index is 566. The summed E-state index contributed by atoms with van der Waals surface area (Å²) in [5.41, 5.74) is 3.49. The van der Waals surface area contributed by atoms with Gasteiger partial charge in [0, 0.05) is 5.57 Å². The SMILES string of the molecule is O=CC1C=CC(c2ccccc2C2CCC(O)CC2)=CO1. The van der Waals surface area contributed by atoms with Crippen LogP contribution in [0.15, 0.2) is 42.7 Å².